The number of alkyl halides is 3. The van der Waals surface area contributed by atoms with Gasteiger partial charge in [0.2, 0.25) is 18.2 Å². The molecule has 0 radical (unpaired) electrons. The number of hydrogen-bond donors (Lipinski definition) is 1. The van der Waals surface area contributed by atoms with Crippen LogP contribution < -0.4 is 5.32 Å². The van der Waals surface area contributed by atoms with Gasteiger partial charge in [-0.2, -0.15) is 13.2 Å². The Balaban J connectivity index is 1.72. The maximum absolute atomic E-state index is 13.1. The second kappa shape index (κ2) is 6.62. The van der Waals surface area contributed by atoms with E-state index in [1.807, 2.05) is 0 Å². The van der Waals surface area contributed by atoms with E-state index in [4.69, 9.17) is 0 Å². The average Bonchev–Trinajstić information content (AvgIpc) is 3.43. The topological polar surface area (TPSA) is 69.7 Å². The van der Waals surface area contributed by atoms with E-state index in [2.05, 4.69) is 5.32 Å². The number of nitrogens with zero attached hydrogens (tertiary/aromatic N) is 2. The van der Waals surface area contributed by atoms with Gasteiger partial charge in [0.25, 0.3) is 0 Å². The van der Waals surface area contributed by atoms with Crippen molar-refractivity contribution in [2.24, 2.45) is 5.41 Å². The summed E-state index contributed by atoms with van der Waals surface area (Å²) in [5, 5.41) is 2.29. The summed E-state index contributed by atoms with van der Waals surface area (Å²) < 4.78 is 39.2. The number of hydrogen-bond acceptors (Lipinski definition) is 3. The zero-order valence-electron chi connectivity index (χ0n) is 13.9. The van der Waals surface area contributed by atoms with Gasteiger partial charge < -0.3 is 15.1 Å². The van der Waals surface area contributed by atoms with Gasteiger partial charge in [-0.1, -0.05) is 12.1 Å². The molecule has 140 valence electrons. The predicted molar refractivity (Wildman–Crippen MR) is 86.0 cm³/mol. The van der Waals surface area contributed by atoms with Crippen LogP contribution in [0.25, 0.3) is 0 Å². The summed E-state index contributed by atoms with van der Waals surface area (Å²) in [6.07, 6.45) is -3.29. The lowest BCUT2D eigenvalue weighted by Gasteiger charge is -2.34. The van der Waals surface area contributed by atoms with E-state index in [1.54, 1.807) is 0 Å². The molecule has 1 aromatic rings. The lowest BCUT2D eigenvalue weighted by atomic mass is 10.0. The third-order valence-corrected chi connectivity index (χ3v) is 4.83. The van der Waals surface area contributed by atoms with E-state index in [0.29, 0.717) is 45.4 Å². The first kappa shape index (κ1) is 18.2. The monoisotopic (exact) mass is 369 g/mol. The van der Waals surface area contributed by atoms with Crippen molar-refractivity contribution >= 4 is 23.9 Å². The number of halogens is 3. The molecule has 1 saturated carbocycles. The van der Waals surface area contributed by atoms with E-state index >= 15 is 0 Å². The highest BCUT2D eigenvalue weighted by molar-refractivity contribution is 6.13. The number of carbonyl (C=O) groups is 3. The average molecular weight is 369 g/mol. The lowest BCUT2D eigenvalue weighted by molar-refractivity contribution is -0.144. The van der Waals surface area contributed by atoms with E-state index in [1.165, 1.54) is 28.0 Å². The predicted octanol–water partition coefficient (Wildman–Crippen LogP) is 1.72. The molecule has 0 bridgehead atoms. The Morgan fingerprint density at radius 3 is 2.23 bits per heavy atom. The molecule has 0 unspecified atom stereocenters. The molecule has 3 amide bonds. The molecular weight excluding hydrogens is 351 g/mol. The van der Waals surface area contributed by atoms with Gasteiger partial charge in [0.05, 0.1) is 11.3 Å². The van der Waals surface area contributed by atoms with Gasteiger partial charge in [0.15, 0.2) is 0 Å². The Kier molecular flexibility index (Phi) is 4.64. The Hall–Kier alpha value is -2.58. The first-order chi connectivity index (χ1) is 12.3. The highest BCUT2D eigenvalue weighted by Gasteiger charge is 2.58. The summed E-state index contributed by atoms with van der Waals surface area (Å²) in [7, 11) is 0. The van der Waals surface area contributed by atoms with Crippen molar-refractivity contribution in [2.75, 3.05) is 31.5 Å². The summed E-state index contributed by atoms with van der Waals surface area (Å²) in [5.41, 5.74) is -2.60. The number of piperazine rings is 1. The van der Waals surface area contributed by atoms with Crippen molar-refractivity contribution in [3.8, 4) is 0 Å². The van der Waals surface area contributed by atoms with Gasteiger partial charge in [0.1, 0.15) is 5.41 Å². The highest BCUT2D eigenvalue weighted by atomic mass is 19.4. The highest BCUT2D eigenvalue weighted by Crippen LogP contribution is 2.48. The molecule has 0 spiro atoms. The third kappa shape index (κ3) is 3.38. The van der Waals surface area contributed by atoms with Crippen LogP contribution in [0.5, 0.6) is 0 Å². The molecular formula is C17H18F3N3O3. The summed E-state index contributed by atoms with van der Waals surface area (Å²) in [5.74, 6) is -1.10. The number of amides is 3. The quantitative estimate of drug-likeness (QED) is 0.649. The Morgan fingerprint density at radius 1 is 1.08 bits per heavy atom. The number of benzene rings is 1. The minimum Gasteiger partial charge on any atom is -0.342 e. The first-order valence-electron chi connectivity index (χ1n) is 8.24. The Bertz CT molecular complexity index is 723. The molecule has 2 aliphatic rings. The van der Waals surface area contributed by atoms with Crippen molar-refractivity contribution in [3.63, 3.8) is 0 Å². The minimum absolute atomic E-state index is 0.305. The van der Waals surface area contributed by atoms with Crippen molar-refractivity contribution in [2.45, 2.75) is 19.0 Å². The van der Waals surface area contributed by atoms with Gasteiger partial charge in [-0.05, 0) is 25.0 Å². The van der Waals surface area contributed by atoms with Gasteiger partial charge in [-0.15, -0.1) is 0 Å². The Labute approximate surface area is 147 Å². The normalized spacial score (nSPS) is 19.0. The molecule has 1 aromatic carbocycles. The van der Waals surface area contributed by atoms with Gasteiger partial charge in [0, 0.05) is 26.2 Å². The largest absolute Gasteiger partial charge is 0.418 e. The maximum Gasteiger partial charge on any atom is 0.418 e. The van der Waals surface area contributed by atoms with Crippen molar-refractivity contribution in [1.29, 1.82) is 0 Å². The maximum atomic E-state index is 13.1. The fraction of sp³-hybridized carbons (Fsp3) is 0.471. The standard InChI is InChI=1S/C17H18F3N3O3/c18-17(19,20)12-3-1-2-4-13(12)21-14(25)16(5-6-16)15(26)23-9-7-22(11-24)8-10-23/h1-4,11H,5-10H2,(H,21,25). The van der Waals surface area contributed by atoms with Crippen LogP contribution in [0.2, 0.25) is 0 Å². The summed E-state index contributed by atoms with van der Waals surface area (Å²) in [4.78, 5) is 39.1. The van der Waals surface area contributed by atoms with Gasteiger partial charge in [-0.3, -0.25) is 14.4 Å². The van der Waals surface area contributed by atoms with Crippen LogP contribution in [0.1, 0.15) is 18.4 Å². The second-order valence-corrected chi connectivity index (χ2v) is 6.51. The summed E-state index contributed by atoms with van der Waals surface area (Å²) in [6, 6.07) is 4.69. The zero-order valence-corrected chi connectivity index (χ0v) is 13.9. The fourth-order valence-corrected chi connectivity index (χ4v) is 3.08. The number of anilines is 1. The van der Waals surface area contributed by atoms with Crippen LogP contribution in [0, 0.1) is 5.41 Å². The number of rotatable bonds is 4. The number of para-hydroxylation sites is 1. The first-order valence-corrected chi connectivity index (χ1v) is 8.24. The number of nitrogens with one attached hydrogen (secondary N) is 1. The molecule has 1 heterocycles. The minimum atomic E-state index is -4.60. The lowest BCUT2D eigenvalue weighted by Crippen LogP contribution is -2.52. The zero-order chi connectivity index (χ0) is 18.9. The second-order valence-electron chi connectivity index (χ2n) is 6.51. The molecule has 1 aliphatic carbocycles. The van der Waals surface area contributed by atoms with E-state index in [9.17, 15) is 27.6 Å². The Morgan fingerprint density at radius 2 is 1.69 bits per heavy atom. The molecule has 2 fully saturated rings. The van der Waals surface area contributed by atoms with Crippen molar-refractivity contribution in [1.82, 2.24) is 9.80 Å². The van der Waals surface area contributed by atoms with Crippen LogP contribution in [-0.4, -0.2) is 54.2 Å². The molecule has 9 heteroatoms. The van der Waals surface area contributed by atoms with Crippen LogP contribution in [0.4, 0.5) is 18.9 Å². The summed E-state index contributed by atoms with van der Waals surface area (Å²) >= 11 is 0. The van der Waals surface area contributed by atoms with Crippen LogP contribution in [0.3, 0.4) is 0 Å². The van der Waals surface area contributed by atoms with Gasteiger partial charge in [-0.25, -0.2) is 0 Å². The molecule has 6 nitrogen and oxygen atoms in total. The molecule has 3 rings (SSSR count). The summed E-state index contributed by atoms with van der Waals surface area (Å²) in [6.45, 7) is 1.38. The van der Waals surface area contributed by atoms with Crippen LogP contribution in [-0.2, 0) is 20.6 Å². The fourth-order valence-electron chi connectivity index (χ4n) is 3.08. The third-order valence-electron chi connectivity index (χ3n) is 4.83. The number of carbonyl (C=O) groups excluding carboxylic acids is 3. The van der Waals surface area contributed by atoms with E-state index in [-0.39, 0.29) is 11.6 Å². The van der Waals surface area contributed by atoms with Crippen molar-refractivity contribution < 1.29 is 27.6 Å². The van der Waals surface area contributed by atoms with E-state index in [0.717, 1.165) is 6.07 Å². The molecule has 0 aromatic heterocycles. The van der Waals surface area contributed by atoms with Crippen LogP contribution in [0.15, 0.2) is 24.3 Å². The van der Waals surface area contributed by atoms with Gasteiger partial charge >= 0.3 is 6.18 Å². The smallest absolute Gasteiger partial charge is 0.342 e. The molecule has 26 heavy (non-hydrogen) atoms. The van der Waals surface area contributed by atoms with E-state index < -0.39 is 23.1 Å². The van der Waals surface area contributed by atoms with Crippen molar-refractivity contribution in [3.05, 3.63) is 29.8 Å². The SMILES string of the molecule is O=CN1CCN(C(=O)C2(C(=O)Nc3ccccc3C(F)(F)F)CC2)CC1. The molecule has 1 aliphatic heterocycles. The van der Waals surface area contributed by atoms with Crippen LogP contribution >= 0.6 is 0 Å². The molecule has 1 N–H and O–H groups in total. The molecule has 0 atom stereocenters. The molecule has 1 saturated heterocycles.